The van der Waals surface area contributed by atoms with Gasteiger partial charge in [0.05, 0.1) is 47.1 Å². The fourth-order valence-corrected chi connectivity index (χ4v) is 3.61. The van der Waals surface area contributed by atoms with Crippen LogP contribution < -0.4 is 10.5 Å². The summed E-state index contributed by atoms with van der Waals surface area (Å²) in [5.41, 5.74) is 7.14. The molecule has 2 heterocycles. The molecule has 0 bridgehead atoms. The number of aliphatic hydroxyl groups excluding tert-OH is 3. The Kier molecular flexibility index (Phi) is 10.5. The zero-order chi connectivity index (χ0) is 26.0. The molecule has 0 aliphatic rings. The van der Waals surface area contributed by atoms with Gasteiger partial charge >= 0.3 is 5.97 Å². The summed E-state index contributed by atoms with van der Waals surface area (Å²) < 4.78 is 5.89. The number of ketones is 1. The molecule has 0 amide bonds. The van der Waals surface area contributed by atoms with E-state index in [0.717, 1.165) is 21.7 Å². The Hall–Kier alpha value is -3.15. The third-order valence-electron chi connectivity index (χ3n) is 5.10. The number of aromatic nitrogens is 1. The molecule has 3 rings (SSSR count). The molecule has 0 spiro atoms. The highest BCUT2D eigenvalue weighted by Crippen LogP contribution is 2.30. The van der Waals surface area contributed by atoms with Crippen LogP contribution in [0.15, 0.2) is 47.8 Å². The van der Waals surface area contributed by atoms with Gasteiger partial charge in [0, 0.05) is 0 Å². The maximum atomic E-state index is 12.2. The van der Waals surface area contributed by atoms with Crippen molar-refractivity contribution in [3.63, 3.8) is 0 Å². The van der Waals surface area contributed by atoms with E-state index in [4.69, 9.17) is 30.9 Å². The molecule has 0 saturated carbocycles. The number of aliphatic hydroxyl groups is 3. The lowest BCUT2D eigenvalue weighted by Gasteiger charge is -2.20. The minimum Gasteiger partial charge on any atom is -0.478 e. The van der Waals surface area contributed by atoms with Crippen LogP contribution in [-0.2, 0) is 13.0 Å². The van der Waals surface area contributed by atoms with Crippen molar-refractivity contribution < 1.29 is 34.8 Å². The number of ether oxygens (including phenoxy) is 1. The van der Waals surface area contributed by atoms with Gasteiger partial charge in [0.2, 0.25) is 5.88 Å². The first-order chi connectivity index (χ1) is 16.7. The number of Topliss-reactive ketones (excluding diaryl/α,β-unsaturated/α-hetero) is 1. The Bertz CT molecular complexity index is 1100. The van der Waals surface area contributed by atoms with Crippen LogP contribution in [0.1, 0.15) is 45.7 Å². The summed E-state index contributed by atoms with van der Waals surface area (Å²) in [4.78, 5) is 28.7. The maximum Gasteiger partial charge on any atom is 0.335 e. The average Bonchev–Trinajstić information content (AvgIpc) is 3.42. The Balaban J connectivity index is 0.000000466. The summed E-state index contributed by atoms with van der Waals surface area (Å²) in [5, 5.41) is 36.0. The topological polar surface area (TPSA) is 163 Å². The minimum absolute atomic E-state index is 0.0895. The molecule has 0 saturated heterocycles. The van der Waals surface area contributed by atoms with Crippen LogP contribution in [0.4, 0.5) is 0 Å². The highest BCUT2D eigenvalue weighted by atomic mass is 32.1. The lowest BCUT2D eigenvalue weighted by atomic mass is 10.0. The van der Waals surface area contributed by atoms with Crippen molar-refractivity contribution in [2.24, 2.45) is 5.73 Å². The molecule has 1 aromatic carbocycles. The highest BCUT2D eigenvalue weighted by molar-refractivity contribution is 7.13. The van der Waals surface area contributed by atoms with Crippen LogP contribution in [0.25, 0.3) is 10.6 Å². The number of thiophene rings is 1. The van der Waals surface area contributed by atoms with Gasteiger partial charge in [-0.1, -0.05) is 25.1 Å². The molecule has 2 aromatic heterocycles. The van der Waals surface area contributed by atoms with Crippen LogP contribution in [0.3, 0.4) is 0 Å². The zero-order valence-corrected chi connectivity index (χ0v) is 20.4. The average molecular weight is 503 g/mol. The number of pyridine rings is 1. The predicted molar refractivity (Wildman–Crippen MR) is 133 cm³/mol. The van der Waals surface area contributed by atoms with E-state index in [-0.39, 0.29) is 18.0 Å². The molecule has 188 valence electrons. The highest BCUT2D eigenvalue weighted by Gasteiger charge is 2.21. The van der Waals surface area contributed by atoms with E-state index < -0.39 is 31.3 Å². The number of nitrogens with zero attached hydrogens (tertiary/aromatic N) is 1. The van der Waals surface area contributed by atoms with Crippen molar-refractivity contribution in [1.82, 2.24) is 4.98 Å². The van der Waals surface area contributed by atoms with Crippen LogP contribution in [0.5, 0.6) is 5.88 Å². The molecule has 0 atom stereocenters. The predicted octanol–water partition coefficient (Wildman–Crippen LogP) is 2.51. The van der Waals surface area contributed by atoms with Gasteiger partial charge in [0.1, 0.15) is 6.61 Å². The number of hydrogen-bond acceptors (Lipinski definition) is 9. The SMILES string of the molecule is CCc1cc(-c2cccs2)nc(OCc2ccc(C(=O)O)cc2)c1C(C)=O.NC(CO)(CO)CO. The molecule has 0 radical (unpaired) electrons. The summed E-state index contributed by atoms with van der Waals surface area (Å²) in [6, 6.07) is 12.3. The van der Waals surface area contributed by atoms with E-state index in [2.05, 4.69) is 4.98 Å². The second-order valence-electron chi connectivity index (χ2n) is 7.86. The first-order valence-electron chi connectivity index (χ1n) is 10.8. The van der Waals surface area contributed by atoms with Crippen molar-refractivity contribution >= 4 is 23.1 Å². The largest absolute Gasteiger partial charge is 0.478 e. The van der Waals surface area contributed by atoms with Crippen molar-refractivity contribution in [3.8, 4) is 16.5 Å². The van der Waals surface area contributed by atoms with Crippen LogP contribution >= 0.6 is 11.3 Å². The first kappa shape index (κ1) is 28.1. The van der Waals surface area contributed by atoms with Crippen molar-refractivity contribution in [2.75, 3.05) is 19.8 Å². The summed E-state index contributed by atoms with van der Waals surface area (Å²) >= 11 is 1.58. The normalized spacial score (nSPS) is 10.9. The third kappa shape index (κ3) is 7.67. The number of rotatable bonds is 10. The number of benzene rings is 1. The number of nitrogens with two attached hydrogens (primary N) is 1. The molecule has 0 aliphatic carbocycles. The molecular weight excluding hydrogens is 472 g/mol. The second-order valence-corrected chi connectivity index (χ2v) is 8.81. The smallest absolute Gasteiger partial charge is 0.335 e. The fraction of sp³-hybridized carbons (Fsp3) is 0.320. The molecule has 9 nitrogen and oxygen atoms in total. The lowest BCUT2D eigenvalue weighted by Crippen LogP contribution is -2.50. The van der Waals surface area contributed by atoms with Gasteiger partial charge in [0.15, 0.2) is 5.78 Å². The van der Waals surface area contributed by atoms with Gasteiger partial charge in [-0.2, -0.15) is 0 Å². The van der Waals surface area contributed by atoms with Gasteiger partial charge in [0.25, 0.3) is 0 Å². The molecule has 0 unspecified atom stereocenters. The maximum absolute atomic E-state index is 12.2. The van der Waals surface area contributed by atoms with Gasteiger partial charge in [-0.05, 0) is 54.1 Å². The van der Waals surface area contributed by atoms with Gasteiger partial charge in [-0.25, -0.2) is 9.78 Å². The van der Waals surface area contributed by atoms with E-state index >= 15 is 0 Å². The number of aromatic carboxylic acids is 1. The van der Waals surface area contributed by atoms with Gasteiger partial charge in [-0.3, -0.25) is 4.79 Å². The number of carbonyl (C=O) groups is 2. The Morgan fingerprint density at radius 1 is 1.09 bits per heavy atom. The molecular formula is C25H30N2O7S. The summed E-state index contributed by atoms with van der Waals surface area (Å²) in [5.74, 6) is -0.750. The summed E-state index contributed by atoms with van der Waals surface area (Å²) in [6.45, 7) is 2.49. The molecule has 6 N–H and O–H groups in total. The van der Waals surface area contributed by atoms with Gasteiger partial charge < -0.3 is 30.9 Å². The standard InChI is InChI=1S/C21H19NO4S.C4H11NO3/c1-3-15-11-17(18-5-4-10-27-18)22-20(19(15)13(2)23)26-12-14-6-8-16(9-7-14)21(24)25;5-4(1-6,2-7)3-8/h4-11H,3,12H2,1-2H3,(H,24,25);6-8H,1-3,5H2. The van der Waals surface area contributed by atoms with E-state index in [1.165, 1.54) is 19.1 Å². The molecule has 35 heavy (non-hydrogen) atoms. The molecule has 10 heteroatoms. The summed E-state index contributed by atoms with van der Waals surface area (Å²) in [6.07, 6.45) is 0.694. The van der Waals surface area contributed by atoms with Crippen LogP contribution in [0.2, 0.25) is 0 Å². The van der Waals surface area contributed by atoms with E-state index in [1.54, 1.807) is 23.5 Å². The zero-order valence-electron chi connectivity index (χ0n) is 19.6. The van der Waals surface area contributed by atoms with Crippen molar-refractivity contribution in [1.29, 1.82) is 0 Å². The Morgan fingerprint density at radius 2 is 1.71 bits per heavy atom. The lowest BCUT2D eigenvalue weighted by molar-refractivity contribution is 0.0691. The monoisotopic (exact) mass is 502 g/mol. The fourth-order valence-electron chi connectivity index (χ4n) is 2.93. The third-order valence-corrected chi connectivity index (χ3v) is 5.99. The number of carbonyl (C=O) groups excluding carboxylic acids is 1. The molecule has 3 aromatic rings. The van der Waals surface area contributed by atoms with Crippen molar-refractivity contribution in [2.45, 2.75) is 32.4 Å². The number of carboxylic acids is 1. The summed E-state index contributed by atoms with van der Waals surface area (Å²) in [7, 11) is 0. The first-order valence-corrected chi connectivity index (χ1v) is 11.7. The van der Waals surface area contributed by atoms with Gasteiger partial charge in [-0.15, -0.1) is 11.3 Å². The van der Waals surface area contributed by atoms with E-state index in [0.29, 0.717) is 17.9 Å². The second kappa shape index (κ2) is 13.1. The quantitative estimate of drug-likeness (QED) is 0.262. The van der Waals surface area contributed by atoms with E-state index in [1.807, 2.05) is 30.5 Å². The number of hydrogen-bond donors (Lipinski definition) is 5. The number of aryl methyl sites for hydroxylation is 1. The molecule has 0 fully saturated rings. The Morgan fingerprint density at radius 3 is 2.14 bits per heavy atom. The van der Waals surface area contributed by atoms with E-state index in [9.17, 15) is 9.59 Å². The van der Waals surface area contributed by atoms with Crippen LogP contribution in [0, 0.1) is 0 Å². The van der Waals surface area contributed by atoms with Crippen molar-refractivity contribution in [3.05, 3.63) is 70.1 Å². The minimum atomic E-state index is -1.21. The Labute approximate surface area is 207 Å². The molecule has 0 aliphatic heterocycles. The van der Waals surface area contributed by atoms with Crippen LogP contribution in [-0.4, -0.2) is 62.5 Å². The number of carboxylic acid groups (broad SMARTS) is 1.